The van der Waals surface area contributed by atoms with Gasteiger partial charge in [-0.15, -0.1) is 0 Å². The van der Waals surface area contributed by atoms with Crippen molar-refractivity contribution in [2.24, 2.45) is 0 Å². The van der Waals surface area contributed by atoms with Crippen LogP contribution >= 0.6 is 11.6 Å². The summed E-state index contributed by atoms with van der Waals surface area (Å²) in [6.45, 7) is 1.37. The van der Waals surface area contributed by atoms with Crippen molar-refractivity contribution in [1.82, 2.24) is 20.2 Å². The minimum absolute atomic E-state index is 0.0818. The second-order valence-corrected chi connectivity index (χ2v) is 8.08. The molecule has 0 fully saturated rings. The molecule has 0 aliphatic rings. The van der Waals surface area contributed by atoms with Gasteiger partial charge in [0.1, 0.15) is 0 Å². The van der Waals surface area contributed by atoms with Crippen LogP contribution < -0.4 is 5.32 Å². The number of nitrogens with zero attached hydrogens (tertiary/aromatic N) is 1. The van der Waals surface area contributed by atoms with E-state index in [0.717, 1.165) is 50.2 Å². The van der Waals surface area contributed by atoms with Crippen LogP contribution in [-0.2, 0) is 0 Å². The topological polar surface area (TPSA) is 63.9 Å². The van der Waals surface area contributed by atoms with E-state index in [0.29, 0.717) is 17.1 Å². The van der Waals surface area contributed by atoms with Crippen LogP contribution in [0.25, 0.3) is 43.6 Å². The Hall–Kier alpha value is -3.02. The normalized spacial score (nSPS) is 12.0. The predicted octanol–water partition coefficient (Wildman–Crippen LogP) is 4.90. The second kappa shape index (κ2) is 6.79. The van der Waals surface area contributed by atoms with Gasteiger partial charge in [-0.2, -0.15) is 0 Å². The van der Waals surface area contributed by atoms with E-state index in [2.05, 4.69) is 27.4 Å². The number of para-hydroxylation sites is 1. The molecule has 0 bridgehead atoms. The Morgan fingerprint density at radius 2 is 1.76 bits per heavy atom. The van der Waals surface area contributed by atoms with Crippen LogP contribution in [0.2, 0.25) is 5.02 Å². The molecule has 0 spiro atoms. The summed E-state index contributed by atoms with van der Waals surface area (Å²) in [5.41, 5.74) is 4.46. The van der Waals surface area contributed by atoms with Gasteiger partial charge in [0.25, 0.3) is 5.91 Å². The molecule has 3 aromatic carbocycles. The first kappa shape index (κ1) is 18.0. The van der Waals surface area contributed by atoms with Crippen molar-refractivity contribution in [1.29, 1.82) is 0 Å². The smallest absolute Gasteiger partial charge is 0.253 e. The van der Waals surface area contributed by atoms with E-state index in [1.165, 1.54) is 0 Å². The van der Waals surface area contributed by atoms with Crippen molar-refractivity contribution >= 4 is 61.1 Å². The minimum atomic E-state index is -0.0818. The lowest BCUT2D eigenvalue weighted by Crippen LogP contribution is -2.31. The maximum absolute atomic E-state index is 13.1. The van der Waals surface area contributed by atoms with Gasteiger partial charge in [-0.05, 0) is 38.4 Å². The van der Waals surface area contributed by atoms with Crippen LogP contribution in [0.4, 0.5) is 0 Å². The molecule has 0 aliphatic carbocycles. The maximum Gasteiger partial charge on any atom is 0.253 e. The standard InChI is InChI=1S/C23H21ClN4O/c1-28(2)10-9-25-23(29)17-12-16-14-5-3-4-6-18(14)26-21(16)20-15-8-7-13(24)11-19(15)27-22(17)20/h3-8,11-12,26-27H,9-10H2,1-2H3,(H,25,29). The van der Waals surface area contributed by atoms with Gasteiger partial charge in [-0.25, -0.2) is 0 Å². The van der Waals surface area contributed by atoms with Gasteiger partial charge in [0.2, 0.25) is 0 Å². The summed E-state index contributed by atoms with van der Waals surface area (Å²) >= 11 is 6.22. The van der Waals surface area contributed by atoms with Crippen molar-refractivity contribution in [3.8, 4) is 0 Å². The summed E-state index contributed by atoms with van der Waals surface area (Å²) in [5, 5.41) is 7.92. The molecule has 5 nitrogen and oxygen atoms in total. The number of carbonyl (C=O) groups is 1. The van der Waals surface area contributed by atoms with Gasteiger partial charge in [0.05, 0.1) is 16.6 Å². The molecular weight excluding hydrogens is 384 g/mol. The molecule has 0 aliphatic heterocycles. The Bertz CT molecular complexity index is 1400. The number of rotatable bonds is 4. The summed E-state index contributed by atoms with van der Waals surface area (Å²) in [4.78, 5) is 22.1. The fourth-order valence-electron chi connectivity index (χ4n) is 4.03. The number of aromatic amines is 2. The quantitative estimate of drug-likeness (QED) is 0.399. The third kappa shape index (κ3) is 2.94. The number of nitrogens with one attached hydrogen (secondary N) is 3. The summed E-state index contributed by atoms with van der Waals surface area (Å²) in [6.07, 6.45) is 0. The highest BCUT2D eigenvalue weighted by atomic mass is 35.5. The summed E-state index contributed by atoms with van der Waals surface area (Å²) < 4.78 is 0. The first-order chi connectivity index (χ1) is 14.0. The Morgan fingerprint density at radius 3 is 2.59 bits per heavy atom. The maximum atomic E-state index is 13.1. The monoisotopic (exact) mass is 404 g/mol. The van der Waals surface area contributed by atoms with Crippen LogP contribution in [0.5, 0.6) is 0 Å². The van der Waals surface area contributed by atoms with Gasteiger partial charge >= 0.3 is 0 Å². The molecule has 0 saturated carbocycles. The highest BCUT2D eigenvalue weighted by Crippen LogP contribution is 2.38. The molecule has 29 heavy (non-hydrogen) atoms. The Morgan fingerprint density at radius 1 is 0.966 bits per heavy atom. The predicted molar refractivity (Wildman–Crippen MR) is 121 cm³/mol. The van der Waals surface area contributed by atoms with E-state index in [1.807, 2.05) is 55.4 Å². The Labute approximate surface area is 172 Å². The average molecular weight is 405 g/mol. The Balaban J connectivity index is 1.81. The fourth-order valence-corrected chi connectivity index (χ4v) is 4.20. The number of H-pyrrole nitrogens is 2. The van der Waals surface area contributed by atoms with Crippen molar-refractivity contribution in [2.75, 3.05) is 27.2 Å². The molecule has 0 saturated heterocycles. The summed E-state index contributed by atoms with van der Waals surface area (Å²) in [5.74, 6) is -0.0818. The molecule has 0 atom stereocenters. The molecular formula is C23H21ClN4O. The number of benzene rings is 3. The number of amides is 1. The van der Waals surface area contributed by atoms with Crippen LogP contribution in [-0.4, -0.2) is 48.0 Å². The van der Waals surface area contributed by atoms with Gasteiger partial charge in [-0.3, -0.25) is 4.79 Å². The van der Waals surface area contributed by atoms with Crippen LogP contribution in [0, 0.1) is 0 Å². The van der Waals surface area contributed by atoms with E-state index in [4.69, 9.17) is 11.6 Å². The van der Waals surface area contributed by atoms with E-state index in [-0.39, 0.29) is 5.91 Å². The largest absolute Gasteiger partial charge is 0.354 e. The van der Waals surface area contributed by atoms with Crippen LogP contribution in [0.15, 0.2) is 48.5 Å². The third-order valence-corrected chi connectivity index (χ3v) is 5.64. The molecule has 1 amide bonds. The molecule has 2 aromatic heterocycles. The fraction of sp³-hybridized carbons (Fsp3) is 0.174. The van der Waals surface area contributed by atoms with Crippen molar-refractivity contribution in [3.63, 3.8) is 0 Å². The molecule has 5 aromatic rings. The molecule has 3 N–H and O–H groups in total. The number of carbonyl (C=O) groups excluding carboxylic acids is 1. The van der Waals surface area contributed by atoms with Crippen molar-refractivity contribution < 1.29 is 4.79 Å². The molecule has 5 rings (SSSR count). The van der Waals surface area contributed by atoms with Gasteiger partial charge in [-0.1, -0.05) is 35.9 Å². The van der Waals surface area contributed by atoms with E-state index in [1.54, 1.807) is 0 Å². The first-order valence-electron chi connectivity index (χ1n) is 9.60. The van der Waals surface area contributed by atoms with Crippen molar-refractivity contribution in [3.05, 3.63) is 59.1 Å². The van der Waals surface area contributed by atoms with E-state index in [9.17, 15) is 4.79 Å². The first-order valence-corrected chi connectivity index (χ1v) is 9.98. The number of hydrogen-bond acceptors (Lipinski definition) is 2. The third-order valence-electron chi connectivity index (χ3n) is 5.40. The average Bonchev–Trinajstić information content (AvgIpc) is 3.24. The number of hydrogen-bond donors (Lipinski definition) is 3. The highest BCUT2D eigenvalue weighted by Gasteiger charge is 2.19. The lowest BCUT2D eigenvalue weighted by molar-refractivity contribution is 0.0952. The van der Waals surface area contributed by atoms with Crippen LogP contribution in [0.3, 0.4) is 0 Å². The zero-order valence-corrected chi connectivity index (χ0v) is 17.0. The second-order valence-electron chi connectivity index (χ2n) is 7.64. The molecule has 146 valence electrons. The Kier molecular flexibility index (Phi) is 4.23. The highest BCUT2D eigenvalue weighted by molar-refractivity contribution is 6.33. The molecule has 2 heterocycles. The van der Waals surface area contributed by atoms with Crippen molar-refractivity contribution in [2.45, 2.75) is 0 Å². The summed E-state index contributed by atoms with van der Waals surface area (Å²) in [6, 6.07) is 16.0. The number of aromatic nitrogens is 2. The zero-order valence-electron chi connectivity index (χ0n) is 16.3. The van der Waals surface area contributed by atoms with Gasteiger partial charge in [0, 0.05) is 50.7 Å². The van der Waals surface area contributed by atoms with Gasteiger partial charge < -0.3 is 20.2 Å². The number of halogens is 1. The SMILES string of the molecule is CN(C)CCNC(=O)c1cc2c3ccccc3[nH]c2c2c1[nH]c1cc(Cl)ccc12. The van der Waals surface area contributed by atoms with E-state index >= 15 is 0 Å². The minimum Gasteiger partial charge on any atom is -0.354 e. The molecule has 0 unspecified atom stereocenters. The molecule has 0 radical (unpaired) electrons. The lowest BCUT2D eigenvalue weighted by Gasteiger charge is -2.11. The lowest BCUT2D eigenvalue weighted by atomic mass is 10.0. The number of fused-ring (bicyclic) bond motifs is 7. The summed E-state index contributed by atoms with van der Waals surface area (Å²) in [7, 11) is 3.98. The number of likely N-dealkylation sites (N-methyl/N-ethyl adjacent to an activating group) is 1. The zero-order chi connectivity index (χ0) is 20.1. The van der Waals surface area contributed by atoms with Crippen LogP contribution in [0.1, 0.15) is 10.4 Å². The molecule has 6 heteroatoms. The van der Waals surface area contributed by atoms with Gasteiger partial charge in [0.15, 0.2) is 0 Å². The van der Waals surface area contributed by atoms with E-state index < -0.39 is 0 Å².